The zero-order valence-corrected chi connectivity index (χ0v) is 9.88. The lowest BCUT2D eigenvalue weighted by Gasteiger charge is -2.17. The third kappa shape index (κ3) is 1.74. The Kier molecular flexibility index (Phi) is 3.05. The Morgan fingerprint density at radius 2 is 1.94 bits per heavy atom. The van der Waals surface area contributed by atoms with Crippen molar-refractivity contribution in [3.8, 4) is 0 Å². The van der Waals surface area contributed by atoms with E-state index in [1.165, 1.54) is 0 Å². The lowest BCUT2D eigenvalue weighted by molar-refractivity contribution is 0.535. The van der Waals surface area contributed by atoms with Gasteiger partial charge in [0.15, 0.2) is 0 Å². The fourth-order valence-corrected chi connectivity index (χ4v) is 1.97. The molecule has 0 saturated heterocycles. The zero-order chi connectivity index (χ0) is 11.5. The van der Waals surface area contributed by atoms with E-state index in [1.54, 1.807) is 0 Å². The molecule has 1 N–H and O–H groups in total. The van der Waals surface area contributed by atoms with Crippen molar-refractivity contribution in [3.63, 3.8) is 0 Å². The number of rotatable bonds is 4. The van der Waals surface area contributed by atoms with E-state index >= 15 is 0 Å². The molecule has 1 atom stereocenters. The predicted octanol–water partition coefficient (Wildman–Crippen LogP) is 0.945. The van der Waals surface area contributed by atoms with Crippen LogP contribution in [0.15, 0.2) is 24.5 Å². The van der Waals surface area contributed by atoms with E-state index in [-0.39, 0.29) is 6.04 Å². The van der Waals surface area contributed by atoms with Crippen molar-refractivity contribution in [1.29, 1.82) is 0 Å². The molecule has 2 aromatic heterocycles. The van der Waals surface area contributed by atoms with Crippen LogP contribution < -0.4 is 5.32 Å². The number of hydrogen-bond acceptors (Lipinski definition) is 3. The molecular weight excluding hydrogens is 202 g/mol. The summed E-state index contributed by atoms with van der Waals surface area (Å²) < 4.78 is 3.88. The van der Waals surface area contributed by atoms with Crippen LogP contribution in [0.25, 0.3) is 0 Å². The molecule has 0 radical (unpaired) electrons. The quantitative estimate of drug-likeness (QED) is 0.832. The highest BCUT2D eigenvalue weighted by molar-refractivity contribution is 5.21. The largest absolute Gasteiger partial charge is 0.307 e. The van der Waals surface area contributed by atoms with Crippen molar-refractivity contribution in [2.45, 2.75) is 19.5 Å². The molecule has 5 heteroatoms. The van der Waals surface area contributed by atoms with Crippen LogP contribution in [0.3, 0.4) is 0 Å². The first-order chi connectivity index (χ1) is 7.77. The predicted molar refractivity (Wildman–Crippen MR) is 62.0 cm³/mol. The van der Waals surface area contributed by atoms with Gasteiger partial charge in [-0.25, -0.2) is 0 Å². The van der Waals surface area contributed by atoms with E-state index < -0.39 is 0 Å². The molecule has 0 fully saturated rings. The molecule has 0 aromatic carbocycles. The van der Waals surface area contributed by atoms with Crippen LogP contribution in [0.2, 0.25) is 0 Å². The maximum absolute atomic E-state index is 4.29. The molecule has 0 bridgehead atoms. The summed E-state index contributed by atoms with van der Waals surface area (Å²) in [5.74, 6) is 0. The highest BCUT2D eigenvalue weighted by Gasteiger charge is 2.18. The van der Waals surface area contributed by atoms with E-state index in [2.05, 4.69) is 22.4 Å². The molecule has 0 saturated carbocycles. The van der Waals surface area contributed by atoms with Gasteiger partial charge < -0.3 is 5.32 Å². The monoisotopic (exact) mass is 219 g/mol. The van der Waals surface area contributed by atoms with Crippen molar-refractivity contribution in [2.24, 2.45) is 7.05 Å². The summed E-state index contributed by atoms with van der Waals surface area (Å²) in [7, 11) is 3.90. The van der Waals surface area contributed by atoms with Gasteiger partial charge in [-0.05, 0) is 26.1 Å². The number of aromatic nitrogens is 4. The molecule has 0 aliphatic heterocycles. The minimum atomic E-state index is 0.134. The number of aryl methyl sites for hydroxylation is 2. The third-order valence-corrected chi connectivity index (χ3v) is 2.79. The normalized spacial score (nSPS) is 12.9. The lowest BCUT2D eigenvalue weighted by Crippen LogP contribution is -2.23. The summed E-state index contributed by atoms with van der Waals surface area (Å²) in [6.45, 7) is 2.96. The van der Waals surface area contributed by atoms with Gasteiger partial charge in [-0.1, -0.05) is 0 Å². The van der Waals surface area contributed by atoms with Crippen LogP contribution >= 0.6 is 0 Å². The fraction of sp³-hybridized carbons (Fsp3) is 0.455. The van der Waals surface area contributed by atoms with Gasteiger partial charge in [-0.15, -0.1) is 0 Å². The fourth-order valence-electron chi connectivity index (χ4n) is 1.97. The van der Waals surface area contributed by atoms with Crippen LogP contribution in [0.1, 0.15) is 24.4 Å². The first-order valence-electron chi connectivity index (χ1n) is 5.44. The van der Waals surface area contributed by atoms with Crippen molar-refractivity contribution in [3.05, 3.63) is 35.9 Å². The van der Waals surface area contributed by atoms with Gasteiger partial charge in [0.2, 0.25) is 0 Å². The Morgan fingerprint density at radius 1 is 1.25 bits per heavy atom. The van der Waals surface area contributed by atoms with Gasteiger partial charge in [0.1, 0.15) is 0 Å². The van der Waals surface area contributed by atoms with E-state index in [1.807, 2.05) is 48.0 Å². The second-order valence-corrected chi connectivity index (χ2v) is 3.67. The Bertz CT molecular complexity index is 456. The molecule has 2 heterocycles. The summed E-state index contributed by atoms with van der Waals surface area (Å²) in [5.41, 5.74) is 2.30. The highest BCUT2D eigenvalue weighted by atomic mass is 15.3. The Labute approximate surface area is 95.1 Å². The number of nitrogens with one attached hydrogen (secondary N) is 1. The van der Waals surface area contributed by atoms with Crippen LogP contribution in [0.5, 0.6) is 0 Å². The molecular formula is C11H17N5. The number of hydrogen-bond donors (Lipinski definition) is 1. The van der Waals surface area contributed by atoms with Gasteiger partial charge >= 0.3 is 0 Å². The average molecular weight is 219 g/mol. The molecule has 1 unspecified atom stereocenters. The molecule has 0 amide bonds. The molecule has 86 valence electrons. The second kappa shape index (κ2) is 4.49. The average Bonchev–Trinajstić information content (AvgIpc) is 2.90. The van der Waals surface area contributed by atoms with Crippen molar-refractivity contribution in [1.82, 2.24) is 24.9 Å². The zero-order valence-electron chi connectivity index (χ0n) is 9.88. The maximum Gasteiger partial charge on any atom is 0.0916 e. The minimum Gasteiger partial charge on any atom is -0.307 e. The SMILES string of the molecule is CCn1nccc1C(NC)c1ccnn1C. The molecule has 5 nitrogen and oxygen atoms in total. The van der Waals surface area contributed by atoms with E-state index in [9.17, 15) is 0 Å². The summed E-state index contributed by atoms with van der Waals surface area (Å²) in [5, 5.41) is 11.8. The maximum atomic E-state index is 4.29. The first kappa shape index (κ1) is 10.9. The standard InChI is InChI=1S/C11H17N5/c1-4-16-10(6-8-14-16)11(12-2)9-5-7-13-15(9)3/h5-8,11-12H,4H2,1-3H3. The summed E-state index contributed by atoms with van der Waals surface area (Å²) >= 11 is 0. The molecule has 16 heavy (non-hydrogen) atoms. The molecule has 2 rings (SSSR count). The Hall–Kier alpha value is -1.62. The molecule has 0 aliphatic carbocycles. The van der Waals surface area contributed by atoms with Crippen LogP contribution in [0.4, 0.5) is 0 Å². The summed E-state index contributed by atoms with van der Waals surface area (Å²) in [6.07, 6.45) is 3.64. The second-order valence-electron chi connectivity index (χ2n) is 3.67. The van der Waals surface area contributed by atoms with Crippen molar-refractivity contribution < 1.29 is 0 Å². The lowest BCUT2D eigenvalue weighted by atomic mass is 10.1. The van der Waals surface area contributed by atoms with Gasteiger partial charge in [-0.2, -0.15) is 10.2 Å². The third-order valence-electron chi connectivity index (χ3n) is 2.79. The molecule has 0 spiro atoms. The van der Waals surface area contributed by atoms with Crippen molar-refractivity contribution in [2.75, 3.05) is 7.05 Å². The van der Waals surface area contributed by atoms with Gasteiger partial charge in [0.25, 0.3) is 0 Å². The first-order valence-corrected chi connectivity index (χ1v) is 5.44. The summed E-state index contributed by atoms with van der Waals surface area (Å²) in [4.78, 5) is 0. The van der Waals surface area contributed by atoms with Crippen LogP contribution in [-0.4, -0.2) is 26.6 Å². The highest BCUT2D eigenvalue weighted by Crippen LogP contribution is 2.20. The van der Waals surface area contributed by atoms with E-state index in [4.69, 9.17) is 0 Å². The minimum absolute atomic E-state index is 0.134. The van der Waals surface area contributed by atoms with Gasteiger partial charge in [0, 0.05) is 26.0 Å². The smallest absolute Gasteiger partial charge is 0.0916 e. The Balaban J connectivity index is 2.40. The molecule has 2 aromatic rings. The Morgan fingerprint density at radius 3 is 2.50 bits per heavy atom. The van der Waals surface area contributed by atoms with Gasteiger partial charge in [-0.3, -0.25) is 9.36 Å². The van der Waals surface area contributed by atoms with Crippen LogP contribution in [-0.2, 0) is 13.6 Å². The summed E-state index contributed by atoms with van der Waals surface area (Å²) in [6, 6.07) is 4.20. The number of nitrogens with zero attached hydrogens (tertiary/aromatic N) is 4. The topological polar surface area (TPSA) is 47.7 Å². The van der Waals surface area contributed by atoms with E-state index in [0.29, 0.717) is 0 Å². The van der Waals surface area contributed by atoms with Crippen LogP contribution in [0, 0.1) is 0 Å². The van der Waals surface area contributed by atoms with Crippen molar-refractivity contribution >= 4 is 0 Å². The molecule has 0 aliphatic rings. The van der Waals surface area contributed by atoms with Gasteiger partial charge in [0.05, 0.1) is 17.4 Å². The van der Waals surface area contributed by atoms with E-state index in [0.717, 1.165) is 17.9 Å².